The molecule has 0 bridgehead atoms. The first kappa shape index (κ1) is 12.5. The molecule has 4 nitrogen and oxygen atoms in total. The van der Waals surface area contributed by atoms with Crippen LogP contribution < -0.4 is 10.5 Å². The third-order valence-corrected chi connectivity index (χ3v) is 3.01. The van der Waals surface area contributed by atoms with E-state index in [1.165, 1.54) is 0 Å². The van der Waals surface area contributed by atoms with Crippen molar-refractivity contribution < 1.29 is 4.74 Å². The molecule has 102 valence electrons. The van der Waals surface area contributed by atoms with Crippen LogP contribution >= 0.6 is 0 Å². The number of nitrogens with zero attached hydrogens (tertiary/aromatic N) is 2. The fourth-order valence-corrected chi connectivity index (χ4v) is 2.25. The Hall–Kier alpha value is -2.49. The number of aromatic nitrogens is 2. The van der Waals surface area contributed by atoms with Crippen molar-refractivity contribution in [3.8, 4) is 11.4 Å². The second kappa shape index (κ2) is 4.89. The fourth-order valence-electron chi connectivity index (χ4n) is 2.25. The molecular formula is C16H17N3O. The summed E-state index contributed by atoms with van der Waals surface area (Å²) in [6, 6.07) is 13.8. The molecular weight excluding hydrogens is 250 g/mol. The Morgan fingerprint density at radius 2 is 1.95 bits per heavy atom. The summed E-state index contributed by atoms with van der Waals surface area (Å²) in [4.78, 5) is 0. The van der Waals surface area contributed by atoms with Gasteiger partial charge in [0.25, 0.3) is 0 Å². The van der Waals surface area contributed by atoms with Crippen molar-refractivity contribution in [3.05, 3.63) is 48.7 Å². The van der Waals surface area contributed by atoms with Crippen LogP contribution in [0.3, 0.4) is 0 Å². The molecule has 1 heterocycles. The summed E-state index contributed by atoms with van der Waals surface area (Å²) in [5.74, 6) is 0.759. The van der Waals surface area contributed by atoms with Crippen molar-refractivity contribution in [1.29, 1.82) is 0 Å². The molecule has 0 fully saturated rings. The molecule has 0 saturated heterocycles. The molecule has 0 aliphatic carbocycles. The molecule has 3 rings (SSSR count). The molecule has 3 aromatic rings. The molecule has 2 aromatic carbocycles. The highest BCUT2D eigenvalue weighted by Crippen LogP contribution is 2.25. The van der Waals surface area contributed by atoms with Gasteiger partial charge in [0.2, 0.25) is 0 Å². The Bertz CT molecular complexity index is 746. The van der Waals surface area contributed by atoms with Gasteiger partial charge in [0.05, 0.1) is 23.5 Å². The highest BCUT2D eigenvalue weighted by atomic mass is 16.5. The number of anilines is 1. The molecule has 0 unspecified atom stereocenters. The van der Waals surface area contributed by atoms with Crippen molar-refractivity contribution in [2.45, 2.75) is 20.0 Å². The Balaban J connectivity index is 2.11. The summed E-state index contributed by atoms with van der Waals surface area (Å²) in [6.07, 6.45) is 1.96. The Kier molecular flexibility index (Phi) is 3.06. The van der Waals surface area contributed by atoms with Crippen LogP contribution in [0.4, 0.5) is 5.69 Å². The number of benzene rings is 2. The van der Waals surface area contributed by atoms with Gasteiger partial charge in [-0.3, -0.25) is 0 Å². The van der Waals surface area contributed by atoms with Gasteiger partial charge in [-0.25, -0.2) is 4.68 Å². The van der Waals surface area contributed by atoms with Crippen molar-refractivity contribution >= 4 is 16.6 Å². The summed E-state index contributed by atoms with van der Waals surface area (Å²) >= 11 is 0. The largest absolute Gasteiger partial charge is 0.491 e. The first-order valence-electron chi connectivity index (χ1n) is 6.64. The molecule has 2 N–H and O–H groups in total. The summed E-state index contributed by atoms with van der Waals surface area (Å²) < 4.78 is 7.60. The number of fused-ring (bicyclic) bond motifs is 1. The van der Waals surface area contributed by atoms with E-state index in [-0.39, 0.29) is 6.10 Å². The van der Waals surface area contributed by atoms with Crippen LogP contribution in [0.15, 0.2) is 48.7 Å². The van der Waals surface area contributed by atoms with E-state index in [9.17, 15) is 0 Å². The molecule has 1 aromatic heterocycles. The third-order valence-electron chi connectivity index (χ3n) is 3.01. The molecule has 0 spiro atoms. The topological polar surface area (TPSA) is 53.1 Å². The van der Waals surface area contributed by atoms with Crippen LogP contribution in [0.2, 0.25) is 0 Å². The van der Waals surface area contributed by atoms with Gasteiger partial charge >= 0.3 is 0 Å². The van der Waals surface area contributed by atoms with Crippen molar-refractivity contribution in [1.82, 2.24) is 9.78 Å². The van der Waals surface area contributed by atoms with E-state index in [1.807, 2.05) is 67.2 Å². The number of nitrogen functional groups attached to an aromatic ring is 1. The number of rotatable bonds is 3. The van der Waals surface area contributed by atoms with Gasteiger partial charge in [0, 0.05) is 23.2 Å². The minimum Gasteiger partial charge on any atom is -0.491 e. The quantitative estimate of drug-likeness (QED) is 0.740. The number of hydrogen-bond donors (Lipinski definition) is 1. The van der Waals surface area contributed by atoms with Crippen LogP contribution in [0.25, 0.3) is 16.6 Å². The molecule has 0 atom stereocenters. The van der Waals surface area contributed by atoms with Crippen molar-refractivity contribution in [2.24, 2.45) is 0 Å². The Labute approximate surface area is 117 Å². The summed E-state index contributed by atoms with van der Waals surface area (Å²) in [5, 5.41) is 5.53. The maximum absolute atomic E-state index is 5.96. The first-order valence-corrected chi connectivity index (χ1v) is 6.64. The van der Waals surface area contributed by atoms with Gasteiger partial charge in [-0.1, -0.05) is 18.2 Å². The van der Waals surface area contributed by atoms with Crippen molar-refractivity contribution in [3.63, 3.8) is 0 Å². The van der Waals surface area contributed by atoms with Gasteiger partial charge in [0.15, 0.2) is 0 Å². The minimum absolute atomic E-state index is 0.110. The van der Waals surface area contributed by atoms with E-state index in [4.69, 9.17) is 10.5 Å². The van der Waals surface area contributed by atoms with Crippen LogP contribution in [0.5, 0.6) is 5.75 Å². The highest BCUT2D eigenvalue weighted by molar-refractivity contribution is 5.80. The highest BCUT2D eigenvalue weighted by Gasteiger charge is 2.07. The van der Waals surface area contributed by atoms with E-state index >= 15 is 0 Å². The van der Waals surface area contributed by atoms with E-state index in [2.05, 4.69) is 5.10 Å². The minimum atomic E-state index is 0.110. The zero-order valence-electron chi connectivity index (χ0n) is 11.6. The van der Waals surface area contributed by atoms with E-state index < -0.39 is 0 Å². The first-order chi connectivity index (χ1) is 9.63. The van der Waals surface area contributed by atoms with Gasteiger partial charge < -0.3 is 10.5 Å². The summed E-state index contributed by atoms with van der Waals surface area (Å²) in [6.45, 7) is 3.98. The average molecular weight is 267 g/mol. The lowest BCUT2D eigenvalue weighted by molar-refractivity contribution is 0.242. The van der Waals surface area contributed by atoms with E-state index in [0.29, 0.717) is 5.69 Å². The maximum Gasteiger partial charge on any atom is 0.123 e. The molecule has 0 aliphatic rings. The monoisotopic (exact) mass is 267 g/mol. The van der Waals surface area contributed by atoms with Crippen LogP contribution in [-0.2, 0) is 0 Å². The average Bonchev–Trinajstić information content (AvgIpc) is 2.80. The molecule has 0 saturated carbocycles. The zero-order chi connectivity index (χ0) is 14.1. The zero-order valence-corrected chi connectivity index (χ0v) is 11.6. The number of ether oxygens (including phenoxy) is 1. The molecule has 20 heavy (non-hydrogen) atoms. The van der Waals surface area contributed by atoms with Crippen molar-refractivity contribution in [2.75, 3.05) is 5.73 Å². The van der Waals surface area contributed by atoms with Crippen LogP contribution in [-0.4, -0.2) is 15.9 Å². The number of para-hydroxylation sites is 1. The number of hydrogen-bond acceptors (Lipinski definition) is 3. The van der Waals surface area contributed by atoms with Gasteiger partial charge in [-0.05, 0) is 26.0 Å². The van der Waals surface area contributed by atoms with Gasteiger partial charge in [-0.2, -0.15) is 5.10 Å². The normalized spacial score (nSPS) is 11.2. The lowest BCUT2D eigenvalue weighted by Gasteiger charge is -2.12. The van der Waals surface area contributed by atoms with E-state index in [0.717, 1.165) is 22.3 Å². The summed E-state index contributed by atoms with van der Waals surface area (Å²) in [7, 11) is 0. The SMILES string of the molecule is CC(C)Oc1cc(N)cc(-n2ncc3ccccc32)c1. The standard InChI is InChI=1S/C16H17N3O/c1-11(2)20-15-8-13(17)7-14(9-15)19-16-6-4-3-5-12(16)10-18-19/h3-11H,17H2,1-2H3. The molecule has 0 amide bonds. The fraction of sp³-hybridized carbons (Fsp3) is 0.188. The van der Waals surface area contributed by atoms with Crippen LogP contribution in [0, 0.1) is 0 Å². The predicted molar refractivity (Wildman–Crippen MR) is 81.2 cm³/mol. The van der Waals surface area contributed by atoms with Gasteiger partial charge in [-0.15, -0.1) is 0 Å². The maximum atomic E-state index is 5.96. The lowest BCUT2D eigenvalue weighted by atomic mass is 10.2. The smallest absolute Gasteiger partial charge is 0.123 e. The van der Waals surface area contributed by atoms with E-state index in [1.54, 1.807) is 0 Å². The Morgan fingerprint density at radius 3 is 2.75 bits per heavy atom. The Morgan fingerprint density at radius 1 is 1.15 bits per heavy atom. The molecule has 0 radical (unpaired) electrons. The predicted octanol–water partition coefficient (Wildman–Crippen LogP) is 3.39. The molecule has 0 aliphatic heterocycles. The summed E-state index contributed by atoms with van der Waals surface area (Å²) in [5.41, 5.74) is 8.58. The second-order valence-electron chi connectivity index (χ2n) is 5.04. The number of nitrogens with two attached hydrogens (primary N) is 1. The van der Waals surface area contributed by atoms with Crippen LogP contribution in [0.1, 0.15) is 13.8 Å². The second-order valence-corrected chi connectivity index (χ2v) is 5.04. The third kappa shape index (κ3) is 2.32. The molecule has 4 heteroatoms. The van der Waals surface area contributed by atoms with Gasteiger partial charge in [0.1, 0.15) is 5.75 Å². The lowest BCUT2D eigenvalue weighted by Crippen LogP contribution is -2.07.